The van der Waals surface area contributed by atoms with Gasteiger partial charge in [-0.3, -0.25) is 4.57 Å². The van der Waals surface area contributed by atoms with Crippen LogP contribution in [-0.4, -0.2) is 76.4 Å². The van der Waals surface area contributed by atoms with Crippen LogP contribution in [-0.2, 0) is 11.2 Å². The van der Waals surface area contributed by atoms with E-state index in [1.807, 2.05) is 73.7 Å². The largest absolute Gasteiger partial charge is 0.394 e. The van der Waals surface area contributed by atoms with Crippen LogP contribution in [0.25, 0.3) is 11.2 Å². The monoisotopic (exact) mass is 664 g/mol. The van der Waals surface area contributed by atoms with Gasteiger partial charge in [0.25, 0.3) is 0 Å². The first-order chi connectivity index (χ1) is 23.5. The lowest BCUT2D eigenvalue weighted by atomic mass is 9.91. The van der Waals surface area contributed by atoms with Crippen molar-refractivity contribution in [2.24, 2.45) is 0 Å². The Kier molecular flexibility index (Phi) is 9.36. The number of fused-ring (bicyclic) bond motifs is 1. The number of nitrogens with one attached hydrogen (secondary N) is 2. The number of imidazole rings is 1. The van der Waals surface area contributed by atoms with Gasteiger partial charge in [-0.1, -0.05) is 102 Å². The number of aliphatic hydroxyl groups excluding tert-OH is 3. The Balaban J connectivity index is 1.25. The third kappa shape index (κ3) is 6.64. The lowest BCUT2D eigenvalue weighted by molar-refractivity contribution is -0.0360. The van der Waals surface area contributed by atoms with E-state index in [4.69, 9.17) is 14.7 Å². The summed E-state index contributed by atoms with van der Waals surface area (Å²) in [4.78, 5) is 14.3. The molecule has 3 aromatic carbocycles. The van der Waals surface area contributed by atoms with Crippen LogP contribution in [0.4, 0.5) is 11.8 Å². The molecule has 0 unspecified atom stereocenters. The number of aromatic nitrogens is 6. The van der Waals surface area contributed by atoms with E-state index in [9.17, 15) is 15.3 Å². The van der Waals surface area contributed by atoms with Gasteiger partial charge in [-0.05, 0) is 30.0 Å². The van der Waals surface area contributed by atoms with E-state index in [2.05, 4.69) is 50.1 Å². The maximum Gasteiger partial charge on any atom is 0.227 e. The summed E-state index contributed by atoms with van der Waals surface area (Å²) in [5.74, 6) is 0.742. The van der Waals surface area contributed by atoms with Crippen molar-refractivity contribution in [3.63, 3.8) is 0 Å². The fourth-order valence-electron chi connectivity index (χ4n) is 6.05. The van der Waals surface area contributed by atoms with Crippen LogP contribution in [0, 0.1) is 6.92 Å². The quantitative estimate of drug-likeness (QED) is 0.127. The first-order valence-corrected chi connectivity index (χ1v) is 16.6. The van der Waals surface area contributed by atoms with Crippen LogP contribution in [0.5, 0.6) is 0 Å². The van der Waals surface area contributed by atoms with Crippen molar-refractivity contribution in [3.8, 4) is 0 Å². The summed E-state index contributed by atoms with van der Waals surface area (Å²) in [6, 6.07) is 30.0. The van der Waals surface area contributed by atoms with Gasteiger partial charge in [0.2, 0.25) is 5.95 Å². The Morgan fingerprint density at radius 3 is 2.17 bits per heavy atom. The first kappa shape index (κ1) is 31.8. The normalized spacial score (nSPS) is 19.9. The van der Waals surface area contributed by atoms with Gasteiger partial charge < -0.3 is 30.7 Å². The summed E-state index contributed by atoms with van der Waals surface area (Å²) < 4.78 is 7.81. The van der Waals surface area contributed by atoms with Gasteiger partial charge in [-0.15, -0.1) is 10.2 Å². The smallest absolute Gasteiger partial charge is 0.227 e. The van der Waals surface area contributed by atoms with Crippen LogP contribution in [0.2, 0.25) is 0 Å². The Morgan fingerprint density at radius 2 is 1.54 bits per heavy atom. The number of rotatable bonds is 12. The Labute approximate surface area is 281 Å². The molecule has 6 aromatic rings. The summed E-state index contributed by atoms with van der Waals surface area (Å²) in [5, 5.41) is 48.7. The molecule has 0 amide bonds. The molecular weight excluding hydrogens is 629 g/mol. The molecule has 13 heteroatoms. The zero-order chi connectivity index (χ0) is 33.0. The predicted octanol–water partition coefficient (Wildman–Crippen LogP) is 4.24. The zero-order valence-electron chi connectivity index (χ0n) is 26.2. The average Bonchev–Trinajstić information content (AvgIpc) is 3.83. The van der Waals surface area contributed by atoms with Crippen LogP contribution < -0.4 is 10.6 Å². The Morgan fingerprint density at radius 1 is 0.875 bits per heavy atom. The molecule has 7 rings (SSSR count). The summed E-state index contributed by atoms with van der Waals surface area (Å²) in [7, 11) is 0. The van der Waals surface area contributed by atoms with E-state index in [1.54, 1.807) is 4.57 Å². The highest BCUT2D eigenvalue weighted by Gasteiger charge is 2.46. The molecule has 48 heavy (non-hydrogen) atoms. The SMILES string of the molecule is Cc1nnc([C@H]2O[C@@H](n3cnc4c(NCC(c5ccccc5)c5ccccc5)nc(N[C@H](CO)Cc5ccccc5)nc43)[C@H](O)[C@@H]2O)s1. The molecule has 1 fully saturated rings. The molecule has 4 heterocycles. The first-order valence-electron chi connectivity index (χ1n) is 15.8. The molecular formula is C35H36N8O4S. The van der Waals surface area contributed by atoms with Crippen molar-refractivity contribution in [1.82, 2.24) is 29.7 Å². The van der Waals surface area contributed by atoms with Gasteiger partial charge in [0.05, 0.1) is 19.0 Å². The molecule has 3 aromatic heterocycles. The minimum Gasteiger partial charge on any atom is -0.394 e. The van der Waals surface area contributed by atoms with E-state index in [-0.39, 0.29) is 24.5 Å². The molecule has 1 aliphatic heterocycles. The number of ether oxygens (including phenoxy) is 1. The molecule has 0 saturated carbocycles. The molecule has 5 N–H and O–H groups in total. The van der Waals surface area contributed by atoms with Crippen LogP contribution in [0.3, 0.4) is 0 Å². The summed E-state index contributed by atoms with van der Waals surface area (Å²) in [5.41, 5.74) is 4.18. The van der Waals surface area contributed by atoms with Crippen molar-refractivity contribution >= 4 is 34.3 Å². The fraction of sp³-hybridized carbons (Fsp3) is 0.286. The van der Waals surface area contributed by atoms with Gasteiger partial charge in [0, 0.05) is 12.5 Å². The van der Waals surface area contributed by atoms with E-state index < -0.39 is 24.5 Å². The standard InChI is InChI=1S/C35H36N8O4S/c1-21-41-42-33(48-21)30-28(45)29(46)34(47-30)43-20-37-27-31(36-18-26(23-13-7-3-8-14-23)24-15-9-4-10-16-24)39-35(40-32(27)43)38-25(19-44)17-22-11-5-2-6-12-22/h2-16,20,25-26,28-30,34,44-46H,17-19H2,1H3,(H2,36,38,39,40)/t25-,28-,29+,30-,34+/m0/s1. The van der Waals surface area contributed by atoms with Crippen molar-refractivity contribution in [2.75, 3.05) is 23.8 Å². The molecule has 1 aliphatic rings. The molecule has 12 nitrogen and oxygen atoms in total. The molecule has 0 aliphatic carbocycles. The summed E-state index contributed by atoms with van der Waals surface area (Å²) >= 11 is 1.30. The van der Waals surface area contributed by atoms with Crippen LogP contribution in [0.1, 0.15) is 45.0 Å². The minimum absolute atomic E-state index is 0.00503. The summed E-state index contributed by atoms with van der Waals surface area (Å²) in [6.07, 6.45) is -2.32. The lowest BCUT2D eigenvalue weighted by Gasteiger charge is -2.21. The molecule has 246 valence electrons. The third-order valence-electron chi connectivity index (χ3n) is 8.47. The van der Waals surface area contributed by atoms with E-state index in [1.165, 1.54) is 17.7 Å². The number of aryl methyl sites for hydroxylation is 1. The Bertz CT molecular complexity index is 1900. The topological polar surface area (TPSA) is 163 Å². The number of aliphatic hydroxyl groups is 3. The molecule has 0 bridgehead atoms. The van der Waals surface area contributed by atoms with Gasteiger partial charge in [0.15, 0.2) is 23.2 Å². The predicted molar refractivity (Wildman–Crippen MR) is 183 cm³/mol. The second-order valence-corrected chi connectivity index (χ2v) is 13.0. The van der Waals surface area contributed by atoms with Gasteiger partial charge in [0.1, 0.15) is 28.3 Å². The number of nitrogens with zero attached hydrogens (tertiary/aromatic N) is 6. The highest BCUT2D eigenvalue weighted by Crippen LogP contribution is 2.41. The van der Waals surface area contributed by atoms with E-state index in [0.29, 0.717) is 35.0 Å². The van der Waals surface area contributed by atoms with Crippen molar-refractivity contribution < 1.29 is 20.1 Å². The van der Waals surface area contributed by atoms with Crippen LogP contribution in [0.15, 0.2) is 97.3 Å². The highest BCUT2D eigenvalue weighted by atomic mass is 32.1. The third-order valence-corrected chi connectivity index (χ3v) is 9.38. The van der Waals surface area contributed by atoms with Crippen molar-refractivity contribution in [3.05, 3.63) is 124 Å². The van der Waals surface area contributed by atoms with E-state index >= 15 is 0 Å². The zero-order valence-corrected chi connectivity index (χ0v) is 27.0. The van der Waals surface area contributed by atoms with Crippen molar-refractivity contribution in [2.45, 2.75) is 49.8 Å². The molecule has 0 radical (unpaired) electrons. The molecule has 0 spiro atoms. The number of hydrogen-bond donors (Lipinski definition) is 5. The van der Waals surface area contributed by atoms with Gasteiger partial charge >= 0.3 is 0 Å². The average molecular weight is 665 g/mol. The van der Waals surface area contributed by atoms with Gasteiger partial charge in [-0.25, -0.2) is 4.98 Å². The van der Waals surface area contributed by atoms with Crippen molar-refractivity contribution in [1.29, 1.82) is 0 Å². The lowest BCUT2D eigenvalue weighted by Crippen LogP contribution is -2.29. The minimum atomic E-state index is -1.29. The highest BCUT2D eigenvalue weighted by molar-refractivity contribution is 7.11. The van der Waals surface area contributed by atoms with E-state index in [0.717, 1.165) is 21.7 Å². The maximum absolute atomic E-state index is 11.2. The Hall–Kier alpha value is -4.79. The fourth-order valence-corrected chi connectivity index (χ4v) is 6.83. The summed E-state index contributed by atoms with van der Waals surface area (Å²) in [6.45, 7) is 2.17. The maximum atomic E-state index is 11.2. The van der Waals surface area contributed by atoms with Gasteiger partial charge in [-0.2, -0.15) is 9.97 Å². The molecule has 1 saturated heterocycles. The molecule has 5 atom stereocenters. The van der Waals surface area contributed by atoms with Crippen LogP contribution >= 0.6 is 11.3 Å². The number of benzene rings is 3. The number of hydrogen-bond acceptors (Lipinski definition) is 12. The number of anilines is 2. The second kappa shape index (κ2) is 14.1. The second-order valence-electron chi connectivity index (χ2n) is 11.8.